The Morgan fingerprint density at radius 3 is 2.84 bits per heavy atom. The normalized spacial score (nSPS) is 18.3. The highest BCUT2D eigenvalue weighted by Gasteiger charge is 2.46. The van der Waals surface area contributed by atoms with E-state index in [9.17, 15) is 0 Å². The predicted octanol–water partition coefficient (Wildman–Crippen LogP) is 5.08. The summed E-state index contributed by atoms with van der Waals surface area (Å²) in [6, 6.07) is 6.35. The summed E-state index contributed by atoms with van der Waals surface area (Å²) in [6.45, 7) is 7.73. The third-order valence-corrected chi connectivity index (χ3v) is 7.21. The van der Waals surface area contributed by atoms with Crippen molar-refractivity contribution >= 4 is 33.5 Å². The number of unbranched alkanes of at least 4 members (excludes halogenated alkanes) is 1. The fraction of sp³-hybridized carbons (Fsp3) is 0.542. The maximum absolute atomic E-state index is 6.13. The minimum atomic E-state index is -0.159. The van der Waals surface area contributed by atoms with E-state index < -0.39 is 0 Å². The molecule has 1 aliphatic carbocycles. The number of hydrogen-bond donors (Lipinski definition) is 2. The summed E-state index contributed by atoms with van der Waals surface area (Å²) < 4.78 is 0. The molecule has 1 aromatic carbocycles. The van der Waals surface area contributed by atoms with Gasteiger partial charge in [0.25, 0.3) is 0 Å². The van der Waals surface area contributed by atoms with E-state index >= 15 is 0 Å². The lowest BCUT2D eigenvalue weighted by molar-refractivity contribution is -0.0931. The lowest BCUT2D eigenvalue weighted by Gasteiger charge is -2.34. The summed E-state index contributed by atoms with van der Waals surface area (Å²) in [5.74, 6) is 1.51. The fourth-order valence-corrected chi connectivity index (χ4v) is 5.51. The lowest BCUT2D eigenvalue weighted by atomic mass is 9.78. The Morgan fingerprint density at radius 1 is 1.23 bits per heavy atom. The SMILES string of the molecule is CC1=NOC2(CCCC2)N1CCCCC(C)(C)c1cccc2nc(N)c3n[nH]cc3c12. The zero-order valence-corrected chi connectivity index (χ0v) is 18.7. The summed E-state index contributed by atoms with van der Waals surface area (Å²) in [5, 5.41) is 13.8. The van der Waals surface area contributed by atoms with Gasteiger partial charge in [-0.3, -0.25) is 5.10 Å². The average molecular weight is 421 g/mol. The number of hydrogen-bond acceptors (Lipinski definition) is 6. The molecule has 0 amide bonds. The maximum atomic E-state index is 6.13. The molecule has 3 N–H and O–H groups in total. The Hall–Kier alpha value is -2.83. The van der Waals surface area contributed by atoms with Crippen LogP contribution in [-0.4, -0.2) is 38.2 Å². The molecule has 1 spiro atoms. The van der Waals surface area contributed by atoms with Crippen LogP contribution in [0.2, 0.25) is 0 Å². The molecule has 0 atom stereocenters. The number of anilines is 1. The second-order valence-corrected chi connectivity index (χ2v) is 9.72. The molecule has 0 unspecified atom stereocenters. The Labute approximate surface area is 183 Å². The minimum absolute atomic E-state index is 0.0111. The Kier molecular flexibility index (Phi) is 4.79. The van der Waals surface area contributed by atoms with Crippen LogP contribution in [0.1, 0.15) is 71.3 Å². The van der Waals surface area contributed by atoms with E-state index in [1.165, 1.54) is 18.4 Å². The molecule has 164 valence electrons. The molecule has 1 saturated carbocycles. The minimum Gasteiger partial charge on any atom is -0.382 e. The van der Waals surface area contributed by atoms with Crippen LogP contribution in [0.5, 0.6) is 0 Å². The van der Waals surface area contributed by atoms with Crippen molar-refractivity contribution in [2.75, 3.05) is 12.3 Å². The fourth-order valence-electron chi connectivity index (χ4n) is 5.51. The van der Waals surface area contributed by atoms with Gasteiger partial charge in [0.1, 0.15) is 11.4 Å². The van der Waals surface area contributed by atoms with Crippen molar-refractivity contribution in [1.82, 2.24) is 20.1 Å². The van der Waals surface area contributed by atoms with Gasteiger partial charge in [0.05, 0.1) is 5.52 Å². The van der Waals surface area contributed by atoms with Gasteiger partial charge in [-0.15, -0.1) is 0 Å². The van der Waals surface area contributed by atoms with Gasteiger partial charge >= 0.3 is 0 Å². The number of nitrogens with zero attached hydrogens (tertiary/aromatic N) is 4. The zero-order valence-electron chi connectivity index (χ0n) is 18.7. The molecule has 0 bridgehead atoms. The molecular formula is C24H32N6O. The largest absolute Gasteiger partial charge is 0.382 e. The molecule has 31 heavy (non-hydrogen) atoms. The molecule has 7 heteroatoms. The van der Waals surface area contributed by atoms with Gasteiger partial charge in [0.2, 0.25) is 5.72 Å². The number of pyridine rings is 1. The molecule has 5 rings (SSSR count). The number of aromatic nitrogens is 3. The third-order valence-electron chi connectivity index (χ3n) is 7.21. The van der Waals surface area contributed by atoms with Crippen molar-refractivity contribution < 1.29 is 4.84 Å². The van der Waals surface area contributed by atoms with Crippen LogP contribution in [0.25, 0.3) is 21.8 Å². The first-order valence-electron chi connectivity index (χ1n) is 11.4. The monoisotopic (exact) mass is 420 g/mol. The first-order chi connectivity index (χ1) is 14.9. The number of amidine groups is 1. The molecular weight excluding hydrogens is 388 g/mol. The van der Waals surface area contributed by atoms with E-state index in [1.54, 1.807) is 0 Å². The second-order valence-electron chi connectivity index (χ2n) is 9.72. The zero-order chi connectivity index (χ0) is 21.6. The van der Waals surface area contributed by atoms with Crippen LogP contribution in [0, 0.1) is 0 Å². The van der Waals surface area contributed by atoms with Crippen LogP contribution in [-0.2, 0) is 10.3 Å². The van der Waals surface area contributed by atoms with Gasteiger partial charge in [-0.1, -0.05) is 37.6 Å². The van der Waals surface area contributed by atoms with Crippen LogP contribution in [0.3, 0.4) is 0 Å². The van der Waals surface area contributed by atoms with Crippen molar-refractivity contribution in [3.05, 3.63) is 30.0 Å². The molecule has 3 aromatic rings. The summed E-state index contributed by atoms with van der Waals surface area (Å²) in [6.07, 6.45) is 9.93. The summed E-state index contributed by atoms with van der Waals surface area (Å²) in [5.41, 5.74) is 8.97. The first kappa shape index (κ1) is 20.1. The van der Waals surface area contributed by atoms with Crippen LogP contribution < -0.4 is 5.73 Å². The van der Waals surface area contributed by atoms with Crippen molar-refractivity contribution in [1.29, 1.82) is 0 Å². The molecule has 2 aliphatic rings. The van der Waals surface area contributed by atoms with Gasteiger partial charge in [-0.05, 0) is 49.7 Å². The van der Waals surface area contributed by atoms with Crippen LogP contribution in [0.15, 0.2) is 29.6 Å². The van der Waals surface area contributed by atoms with Crippen molar-refractivity contribution in [3.63, 3.8) is 0 Å². The Bertz CT molecular complexity index is 1140. The molecule has 3 heterocycles. The van der Waals surface area contributed by atoms with E-state index in [4.69, 9.17) is 10.6 Å². The van der Waals surface area contributed by atoms with Gasteiger partial charge in [-0.25, -0.2) is 4.98 Å². The van der Waals surface area contributed by atoms with Gasteiger partial charge < -0.3 is 15.5 Å². The molecule has 2 aromatic heterocycles. The first-order valence-corrected chi connectivity index (χ1v) is 11.4. The topological polar surface area (TPSA) is 92.4 Å². The summed E-state index contributed by atoms with van der Waals surface area (Å²) in [7, 11) is 0. The van der Waals surface area contributed by atoms with Crippen LogP contribution >= 0.6 is 0 Å². The predicted molar refractivity (Wildman–Crippen MR) is 125 cm³/mol. The second kappa shape index (κ2) is 7.39. The quantitative estimate of drug-likeness (QED) is 0.543. The van der Waals surface area contributed by atoms with Crippen molar-refractivity contribution in [2.45, 2.75) is 76.9 Å². The maximum Gasteiger partial charge on any atom is 0.211 e. The number of aromatic amines is 1. The average Bonchev–Trinajstić information content (AvgIpc) is 3.48. The number of oxime groups is 1. The number of fused-ring (bicyclic) bond motifs is 3. The number of nitrogens with two attached hydrogens (primary N) is 1. The Morgan fingerprint density at radius 2 is 2.03 bits per heavy atom. The smallest absolute Gasteiger partial charge is 0.211 e. The van der Waals surface area contributed by atoms with Crippen molar-refractivity contribution in [2.24, 2.45) is 5.16 Å². The van der Waals surface area contributed by atoms with Crippen LogP contribution in [0.4, 0.5) is 5.82 Å². The molecule has 7 nitrogen and oxygen atoms in total. The van der Waals surface area contributed by atoms with Gasteiger partial charge in [0.15, 0.2) is 5.82 Å². The Balaban J connectivity index is 1.33. The standard InChI is InChI=1S/C24H32N6O/c1-16-29-31-24(12-4-5-13-24)30(16)14-7-6-11-23(2,3)18-9-8-10-19-20(18)17-15-26-28-21(17)22(25)27-19/h8-10,15H,4-7,11-14H2,1-3H3,(H2,25,27)(H,26,28). The van der Waals surface area contributed by atoms with E-state index in [-0.39, 0.29) is 11.1 Å². The molecule has 0 saturated heterocycles. The highest BCUT2D eigenvalue weighted by molar-refractivity contribution is 6.09. The molecule has 0 radical (unpaired) electrons. The van der Waals surface area contributed by atoms with E-state index in [1.807, 2.05) is 12.3 Å². The number of rotatable bonds is 6. The van der Waals surface area contributed by atoms with Gasteiger partial charge in [-0.2, -0.15) is 5.10 Å². The van der Waals surface area contributed by atoms with E-state index in [2.05, 4.69) is 58.1 Å². The highest BCUT2D eigenvalue weighted by Crippen LogP contribution is 2.41. The highest BCUT2D eigenvalue weighted by atomic mass is 16.7. The summed E-state index contributed by atoms with van der Waals surface area (Å²) in [4.78, 5) is 12.9. The molecule has 1 fully saturated rings. The van der Waals surface area contributed by atoms with Gasteiger partial charge in [0, 0.05) is 36.4 Å². The number of benzene rings is 1. The number of nitrogens with one attached hydrogen (secondary N) is 1. The van der Waals surface area contributed by atoms with Crippen molar-refractivity contribution in [3.8, 4) is 0 Å². The number of H-pyrrole nitrogens is 1. The lowest BCUT2D eigenvalue weighted by Crippen LogP contribution is -2.46. The summed E-state index contributed by atoms with van der Waals surface area (Å²) >= 11 is 0. The molecule has 1 aliphatic heterocycles. The third kappa shape index (κ3) is 3.30. The van der Waals surface area contributed by atoms with E-state index in [0.717, 1.165) is 66.3 Å². The number of nitrogen functional groups attached to an aromatic ring is 1. The van der Waals surface area contributed by atoms with E-state index in [0.29, 0.717) is 5.82 Å².